The number of amides is 2. The predicted molar refractivity (Wildman–Crippen MR) is 73.7 cm³/mol. The van der Waals surface area contributed by atoms with Crippen LogP contribution >= 0.6 is 0 Å². The molecule has 2 aromatic carbocycles. The molecule has 1 aliphatic heterocycles. The van der Waals surface area contributed by atoms with Crippen molar-refractivity contribution in [2.24, 2.45) is 0 Å². The number of hydrogen-bond donors (Lipinski definition) is 1. The van der Waals surface area contributed by atoms with Crippen LogP contribution in [0.2, 0.25) is 0 Å². The maximum absolute atomic E-state index is 12.4. The van der Waals surface area contributed by atoms with Crippen molar-refractivity contribution in [2.75, 3.05) is 4.90 Å². The molecule has 4 rings (SSSR count). The number of anilines is 1. The number of carbonyl (C=O) groups excluding carboxylic acids is 2. The molecule has 96 valence electrons. The van der Waals surface area contributed by atoms with E-state index in [2.05, 4.69) is 10.2 Å². The Labute approximate surface area is 113 Å². The van der Waals surface area contributed by atoms with Crippen molar-refractivity contribution in [3.8, 4) is 0 Å². The van der Waals surface area contributed by atoms with E-state index < -0.39 is 0 Å². The number of imide groups is 1. The van der Waals surface area contributed by atoms with Crippen LogP contribution in [0.4, 0.5) is 5.69 Å². The van der Waals surface area contributed by atoms with E-state index in [-0.39, 0.29) is 11.8 Å². The van der Waals surface area contributed by atoms with E-state index >= 15 is 0 Å². The van der Waals surface area contributed by atoms with Crippen molar-refractivity contribution in [3.05, 3.63) is 59.8 Å². The summed E-state index contributed by atoms with van der Waals surface area (Å²) in [6.07, 6.45) is 1.66. The van der Waals surface area contributed by atoms with Crippen molar-refractivity contribution < 1.29 is 9.59 Å². The van der Waals surface area contributed by atoms with E-state index in [0.29, 0.717) is 16.8 Å². The van der Waals surface area contributed by atoms with Gasteiger partial charge in [0.15, 0.2) is 0 Å². The molecule has 0 fully saturated rings. The Kier molecular flexibility index (Phi) is 2.06. The monoisotopic (exact) mass is 263 g/mol. The molecule has 0 saturated carbocycles. The lowest BCUT2D eigenvalue weighted by Gasteiger charge is -2.13. The summed E-state index contributed by atoms with van der Waals surface area (Å²) in [5.41, 5.74) is 2.32. The number of nitrogens with one attached hydrogen (secondary N) is 1. The van der Waals surface area contributed by atoms with Crippen molar-refractivity contribution >= 4 is 28.4 Å². The third-order valence-electron chi connectivity index (χ3n) is 3.48. The van der Waals surface area contributed by atoms with Gasteiger partial charge in [0.1, 0.15) is 0 Å². The van der Waals surface area contributed by atoms with Crippen LogP contribution in [0.5, 0.6) is 0 Å². The minimum absolute atomic E-state index is 0.284. The van der Waals surface area contributed by atoms with E-state index in [0.717, 1.165) is 10.9 Å². The van der Waals surface area contributed by atoms with Gasteiger partial charge in [-0.15, -0.1) is 0 Å². The zero-order chi connectivity index (χ0) is 13.7. The molecule has 2 amide bonds. The molecule has 0 atom stereocenters. The largest absolute Gasteiger partial charge is 0.278 e. The topological polar surface area (TPSA) is 66.1 Å². The standard InChI is InChI=1S/C15H9N3O2/c19-14-11-3-1-2-4-12(11)15(20)18(14)10-5-6-13-9(7-10)8-16-17-13/h1-8H,(H,16,17). The molecular weight excluding hydrogens is 254 g/mol. The highest BCUT2D eigenvalue weighted by Gasteiger charge is 2.36. The Morgan fingerprint density at radius 2 is 1.65 bits per heavy atom. The molecule has 0 aliphatic carbocycles. The lowest BCUT2D eigenvalue weighted by molar-refractivity contribution is 0.0926. The zero-order valence-electron chi connectivity index (χ0n) is 10.3. The van der Waals surface area contributed by atoms with Gasteiger partial charge < -0.3 is 0 Å². The van der Waals surface area contributed by atoms with Crippen molar-refractivity contribution in [2.45, 2.75) is 0 Å². The fourth-order valence-electron chi connectivity index (χ4n) is 2.49. The molecule has 1 aromatic heterocycles. The Morgan fingerprint density at radius 1 is 0.950 bits per heavy atom. The van der Waals surface area contributed by atoms with Crippen LogP contribution in [0, 0.1) is 0 Å². The van der Waals surface area contributed by atoms with Crippen LogP contribution in [0.1, 0.15) is 20.7 Å². The van der Waals surface area contributed by atoms with Gasteiger partial charge in [0.05, 0.1) is 28.5 Å². The second-order valence-corrected chi connectivity index (χ2v) is 4.63. The molecule has 5 nitrogen and oxygen atoms in total. The summed E-state index contributed by atoms with van der Waals surface area (Å²) in [6, 6.07) is 12.2. The normalized spacial score (nSPS) is 14.1. The van der Waals surface area contributed by atoms with Crippen LogP contribution < -0.4 is 4.90 Å². The summed E-state index contributed by atoms with van der Waals surface area (Å²) in [7, 11) is 0. The average Bonchev–Trinajstić information content (AvgIpc) is 3.03. The Morgan fingerprint density at radius 3 is 2.35 bits per heavy atom. The zero-order valence-corrected chi connectivity index (χ0v) is 10.3. The second-order valence-electron chi connectivity index (χ2n) is 4.63. The molecule has 2 heterocycles. The van der Waals surface area contributed by atoms with E-state index in [1.807, 2.05) is 0 Å². The third kappa shape index (κ3) is 1.34. The first kappa shape index (κ1) is 10.9. The lowest BCUT2D eigenvalue weighted by Crippen LogP contribution is -2.29. The third-order valence-corrected chi connectivity index (χ3v) is 3.48. The van der Waals surface area contributed by atoms with Gasteiger partial charge in [0.25, 0.3) is 11.8 Å². The average molecular weight is 263 g/mol. The number of benzene rings is 2. The molecular formula is C15H9N3O2. The molecule has 5 heteroatoms. The van der Waals surface area contributed by atoms with Gasteiger partial charge in [-0.1, -0.05) is 12.1 Å². The van der Waals surface area contributed by atoms with Gasteiger partial charge in [-0.2, -0.15) is 5.10 Å². The van der Waals surface area contributed by atoms with Gasteiger partial charge in [0, 0.05) is 5.39 Å². The first-order valence-corrected chi connectivity index (χ1v) is 6.16. The highest BCUT2D eigenvalue weighted by molar-refractivity contribution is 6.34. The van der Waals surface area contributed by atoms with Crippen molar-refractivity contribution in [1.82, 2.24) is 10.2 Å². The Balaban J connectivity index is 1.87. The molecule has 20 heavy (non-hydrogen) atoms. The highest BCUT2D eigenvalue weighted by Crippen LogP contribution is 2.29. The van der Waals surface area contributed by atoms with Crippen LogP contribution in [-0.4, -0.2) is 22.0 Å². The smallest absolute Gasteiger partial charge is 0.266 e. The van der Waals surface area contributed by atoms with Crippen molar-refractivity contribution in [1.29, 1.82) is 0 Å². The first-order valence-electron chi connectivity index (χ1n) is 6.16. The number of nitrogens with zero attached hydrogens (tertiary/aromatic N) is 2. The van der Waals surface area contributed by atoms with Crippen LogP contribution in [0.3, 0.4) is 0 Å². The van der Waals surface area contributed by atoms with Crippen LogP contribution in [-0.2, 0) is 0 Å². The van der Waals surface area contributed by atoms with E-state index in [4.69, 9.17) is 0 Å². The number of fused-ring (bicyclic) bond motifs is 2. The number of carbonyl (C=O) groups is 2. The lowest BCUT2D eigenvalue weighted by atomic mass is 10.1. The molecule has 3 aromatic rings. The number of rotatable bonds is 1. The highest BCUT2D eigenvalue weighted by atomic mass is 16.2. The second kappa shape index (κ2) is 3.77. The van der Waals surface area contributed by atoms with Gasteiger partial charge in [-0.25, -0.2) is 4.90 Å². The quantitative estimate of drug-likeness (QED) is 0.685. The number of aromatic nitrogens is 2. The van der Waals surface area contributed by atoms with Gasteiger partial charge in [-0.05, 0) is 30.3 Å². The van der Waals surface area contributed by atoms with E-state index in [9.17, 15) is 9.59 Å². The summed E-state index contributed by atoms with van der Waals surface area (Å²) in [5, 5.41) is 7.63. The number of H-pyrrole nitrogens is 1. The summed E-state index contributed by atoms with van der Waals surface area (Å²) >= 11 is 0. The molecule has 0 spiro atoms. The summed E-state index contributed by atoms with van der Waals surface area (Å²) < 4.78 is 0. The molecule has 0 radical (unpaired) electrons. The minimum Gasteiger partial charge on any atom is -0.278 e. The fraction of sp³-hybridized carbons (Fsp3) is 0. The predicted octanol–water partition coefficient (Wildman–Crippen LogP) is 2.36. The Hall–Kier alpha value is -2.95. The van der Waals surface area contributed by atoms with E-state index in [1.165, 1.54) is 4.90 Å². The van der Waals surface area contributed by atoms with Gasteiger partial charge >= 0.3 is 0 Å². The summed E-state index contributed by atoms with van der Waals surface area (Å²) in [6.45, 7) is 0. The fourth-order valence-corrected chi connectivity index (χ4v) is 2.49. The molecule has 0 unspecified atom stereocenters. The number of aromatic amines is 1. The molecule has 0 saturated heterocycles. The van der Waals surface area contributed by atoms with Crippen molar-refractivity contribution in [3.63, 3.8) is 0 Å². The maximum Gasteiger partial charge on any atom is 0.266 e. The Bertz CT molecular complexity index is 831. The molecule has 1 aliphatic rings. The SMILES string of the molecule is O=C1c2ccccc2C(=O)N1c1ccc2[nH]ncc2c1. The number of hydrogen-bond acceptors (Lipinski definition) is 3. The van der Waals surface area contributed by atoms with Crippen LogP contribution in [0.25, 0.3) is 10.9 Å². The molecule has 1 N–H and O–H groups in total. The minimum atomic E-state index is -0.284. The first-order chi connectivity index (χ1) is 9.75. The summed E-state index contributed by atoms with van der Waals surface area (Å²) in [4.78, 5) is 25.9. The summed E-state index contributed by atoms with van der Waals surface area (Å²) in [5.74, 6) is -0.568. The van der Waals surface area contributed by atoms with Crippen LogP contribution in [0.15, 0.2) is 48.7 Å². The maximum atomic E-state index is 12.4. The molecule has 0 bridgehead atoms. The van der Waals surface area contributed by atoms with E-state index in [1.54, 1.807) is 48.7 Å². The van der Waals surface area contributed by atoms with Gasteiger partial charge in [0.2, 0.25) is 0 Å². The van der Waals surface area contributed by atoms with Gasteiger partial charge in [-0.3, -0.25) is 14.7 Å².